The maximum Gasteiger partial charge on any atom is 0.402 e. The van der Waals surface area contributed by atoms with Gasteiger partial charge in [-0.05, 0) is 32.9 Å². The van der Waals surface area contributed by atoms with Gasteiger partial charge < -0.3 is 10.8 Å². The molecule has 0 aliphatic heterocycles. The Labute approximate surface area is 135 Å². The van der Waals surface area contributed by atoms with Crippen molar-refractivity contribution in [1.29, 1.82) is 0 Å². The van der Waals surface area contributed by atoms with Gasteiger partial charge in [-0.2, -0.15) is 0 Å². The van der Waals surface area contributed by atoms with Crippen LogP contribution in [0.15, 0.2) is 18.2 Å². The summed E-state index contributed by atoms with van der Waals surface area (Å²) in [5.41, 5.74) is 9.12. The summed E-state index contributed by atoms with van der Waals surface area (Å²) in [6.07, 6.45) is -1.33. The lowest BCUT2D eigenvalue weighted by Gasteiger charge is -2.36. The van der Waals surface area contributed by atoms with Crippen LogP contribution in [0.3, 0.4) is 0 Å². The SMILES string of the molecule is CC(C)(C)c1cccc(C(C)(C)C)c1C(C)(C)C.NC(=O)O. The van der Waals surface area contributed by atoms with E-state index < -0.39 is 6.09 Å². The number of carbonyl (C=O) groups is 1. The number of hydrogen-bond donors (Lipinski definition) is 2. The number of rotatable bonds is 0. The fourth-order valence-electron chi connectivity index (χ4n) is 2.61. The smallest absolute Gasteiger partial charge is 0.402 e. The molecular formula is C19H33NO2. The Kier molecular flexibility index (Phi) is 6.26. The first kappa shape index (κ1) is 20.5. The van der Waals surface area contributed by atoms with E-state index >= 15 is 0 Å². The standard InChI is InChI=1S/C18H30.CH3NO2/c1-16(2,3)13-11-10-12-14(17(4,5)6)15(13)18(7,8)9;2-1(3)4/h10-12H,1-9H3;2H2,(H,3,4). The molecule has 0 fully saturated rings. The summed E-state index contributed by atoms with van der Waals surface area (Å²) in [6.45, 7) is 20.8. The second-order valence-corrected chi connectivity index (χ2v) is 8.82. The zero-order valence-electron chi connectivity index (χ0n) is 15.7. The molecule has 0 spiro atoms. The number of nitrogens with two attached hydrogens (primary N) is 1. The first-order valence-electron chi connectivity index (χ1n) is 7.71. The Hall–Kier alpha value is -1.51. The molecule has 3 heteroatoms. The predicted molar refractivity (Wildman–Crippen MR) is 94.8 cm³/mol. The molecule has 0 atom stereocenters. The van der Waals surface area contributed by atoms with Crippen molar-refractivity contribution in [1.82, 2.24) is 0 Å². The van der Waals surface area contributed by atoms with Gasteiger partial charge in [0.25, 0.3) is 0 Å². The molecule has 0 saturated heterocycles. The number of benzene rings is 1. The Balaban J connectivity index is 0.000000980. The first-order valence-corrected chi connectivity index (χ1v) is 7.71. The number of carboxylic acid groups (broad SMARTS) is 1. The van der Waals surface area contributed by atoms with E-state index in [1.165, 1.54) is 16.7 Å². The van der Waals surface area contributed by atoms with Crippen LogP contribution in [-0.4, -0.2) is 11.2 Å². The normalized spacial score (nSPS) is 12.4. The van der Waals surface area contributed by atoms with Crippen LogP contribution in [0.4, 0.5) is 4.79 Å². The molecule has 126 valence electrons. The van der Waals surface area contributed by atoms with Gasteiger partial charge >= 0.3 is 6.09 Å². The van der Waals surface area contributed by atoms with Crippen LogP contribution < -0.4 is 5.73 Å². The summed E-state index contributed by atoms with van der Waals surface area (Å²) < 4.78 is 0. The molecule has 0 aliphatic rings. The number of amides is 1. The maximum atomic E-state index is 8.78. The van der Waals surface area contributed by atoms with Gasteiger partial charge in [-0.3, -0.25) is 0 Å². The first-order chi connectivity index (χ1) is 9.58. The molecule has 3 nitrogen and oxygen atoms in total. The van der Waals surface area contributed by atoms with E-state index in [1.54, 1.807) is 0 Å². The Morgan fingerprint density at radius 2 is 1.09 bits per heavy atom. The van der Waals surface area contributed by atoms with Gasteiger partial charge in [0.2, 0.25) is 0 Å². The summed E-state index contributed by atoms with van der Waals surface area (Å²) in [5.74, 6) is 0. The average Bonchev–Trinajstić information content (AvgIpc) is 2.23. The van der Waals surface area contributed by atoms with Crippen molar-refractivity contribution < 1.29 is 9.90 Å². The predicted octanol–water partition coefficient (Wildman–Crippen LogP) is 5.20. The van der Waals surface area contributed by atoms with E-state index in [0.717, 1.165) is 0 Å². The van der Waals surface area contributed by atoms with Gasteiger partial charge in [0.05, 0.1) is 0 Å². The molecule has 0 heterocycles. The van der Waals surface area contributed by atoms with Gasteiger partial charge in [0.1, 0.15) is 0 Å². The summed E-state index contributed by atoms with van der Waals surface area (Å²) in [6, 6.07) is 6.82. The van der Waals surface area contributed by atoms with Crippen molar-refractivity contribution in [3.63, 3.8) is 0 Å². The fourth-order valence-corrected chi connectivity index (χ4v) is 2.61. The van der Waals surface area contributed by atoms with E-state index in [9.17, 15) is 0 Å². The van der Waals surface area contributed by atoms with Crippen molar-refractivity contribution in [2.75, 3.05) is 0 Å². The highest BCUT2D eigenvalue weighted by Crippen LogP contribution is 2.40. The van der Waals surface area contributed by atoms with Crippen LogP contribution >= 0.6 is 0 Å². The lowest BCUT2D eigenvalue weighted by atomic mass is 9.69. The van der Waals surface area contributed by atoms with Crippen molar-refractivity contribution in [2.24, 2.45) is 5.73 Å². The molecular weight excluding hydrogens is 274 g/mol. The van der Waals surface area contributed by atoms with E-state index in [0.29, 0.717) is 0 Å². The third kappa shape index (κ3) is 6.08. The molecule has 0 unspecified atom stereocenters. The van der Waals surface area contributed by atoms with Crippen LogP contribution in [0.2, 0.25) is 0 Å². The lowest BCUT2D eigenvalue weighted by molar-refractivity contribution is 0.205. The zero-order valence-corrected chi connectivity index (χ0v) is 15.7. The van der Waals surface area contributed by atoms with E-state index in [2.05, 4.69) is 86.2 Å². The van der Waals surface area contributed by atoms with Crippen molar-refractivity contribution >= 4 is 6.09 Å². The van der Waals surface area contributed by atoms with E-state index in [1.807, 2.05) is 0 Å². The van der Waals surface area contributed by atoms with Gasteiger partial charge in [-0.1, -0.05) is 80.5 Å². The Morgan fingerprint density at radius 3 is 1.27 bits per heavy atom. The van der Waals surface area contributed by atoms with E-state index in [4.69, 9.17) is 9.90 Å². The van der Waals surface area contributed by atoms with Crippen molar-refractivity contribution in [3.8, 4) is 0 Å². The third-order valence-electron chi connectivity index (χ3n) is 3.43. The minimum absolute atomic E-state index is 0.187. The molecule has 0 aliphatic carbocycles. The van der Waals surface area contributed by atoms with Gasteiger partial charge in [0, 0.05) is 0 Å². The molecule has 1 aromatic carbocycles. The van der Waals surface area contributed by atoms with Crippen molar-refractivity contribution in [3.05, 3.63) is 34.9 Å². The lowest BCUT2D eigenvalue weighted by Crippen LogP contribution is -2.27. The highest BCUT2D eigenvalue weighted by molar-refractivity contribution is 5.61. The van der Waals surface area contributed by atoms with Crippen LogP contribution in [0.25, 0.3) is 0 Å². The largest absolute Gasteiger partial charge is 0.465 e. The summed E-state index contributed by atoms with van der Waals surface area (Å²) in [4.78, 5) is 8.78. The average molecular weight is 307 g/mol. The summed E-state index contributed by atoms with van der Waals surface area (Å²) in [5, 5.41) is 7.19. The van der Waals surface area contributed by atoms with Crippen LogP contribution in [0.5, 0.6) is 0 Å². The highest BCUT2D eigenvalue weighted by atomic mass is 16.4. The summed E-state index contributed by atoms with van der Waals surface area (Å²) >= 11 is 0. The molecule has 0 saturated carbocycles. The molecule has 0 aromatic heterocycles. The van der Waals surface area contributed by atoms with Crippen LogP contribution in [0.1, 0.15) is 79.0 Å². The van der Waals surface area contributed by atoms with Crippen molar-refractivity contribution in [2.45, 2.75) is 78.6 Å². The second kappa shape index (κ2) is 6.72. The molecule has 0 bridgehead atoms. The molecule has 0 radical (unpaired) electrons. The monoisotopic (exact) mass is 307 g/mol. The van der Waals surface area contributed by atoms with E-state index in [-0.39, 0.29) is 16.2 Å². The Morgan fingerprint density at radius 1 is 0.818 bits per heavy atom. The zero-order chi connectivity index (χ0) is 17.9. The molecule has 1 amide bonds. The third-order valence-corrected chi connectivity index (χ3v) is 3.43. The van der Waals surface area contributed by atoms with Gasteiger partial charge in [-0.25, -0.2) is 4.79 Å². The Bertz CT molecular complexity index is 475. The summed E-state index contributed by atoms with van der Waals surface area (Å²) in [7, 11) is 0. The molecule has 22 heavy (non-hydrogen) atoms. The number of primary amides is 1. The quantitative estimate of drug-likeness (QED) is 0.691. The minimum atomic E-state index is -1.33. The molecule has 1 rings (SSSR count). The van der Waals surface area contributed by atoms with Gasteiger partial charge in [0.15, 0.2) is 0 Å². The fraction of sp³-hybridized carbons (Fsp3) is 0.632. The van der Waals surface area contributed by atoms with Gasteiger partial charge in [-0.15, -0.1) is 0 Å². The molecule has 1 aromatic rings. The minimum Gasteiger partial charge on any atom is -0.465 e. The van der Waals surface area contributed by atoms with Crippen LogP contribution in [-0.2, 0) is 16.2 Å². The second-order valence-electron chi connectivity index (χ2n) is 8.82. The topological polar surface area (TPSA) is 63.3 Å². The molecule has 3 N–H and O–H groups in total. The number of hydrogen-bond acceptors (Lipinski definition) is 1. The van der Waals surface area contributed by atoms with Crippen LogP contribution in [0, 0.1) is 0 Å². The highest BCUT2D eigenvalue weighted by Gasteiger charge is 2.30. The maximum absolute atomic E-state index is 8.78.